The van der Waals surface area contributed by atoms with Gasteiger partial charge in [-0.1, -0.05) is 32.6 Å². The zero-order valence-electron chi connectivity index (χ0n) is 11.2. The maximum Gasteiger partial charge on any atom is 0.335 e. The van der Waals surface area contributed by atoms with E-state index in [1.165, 1.54) is 18.2 Å². The first-order chi connectivity index (χ1) is 9.04. The van der Waals surface area contributed by atoms with Gasteiger partial charge in [0, 0.05) is 6.42 Å². The first-order valence-electron chi connectivity index (χ1n) is 6.73. The highest BCUT2D eigenvalue weighted by Gasteiger charge is 2.15. The smallest absolute Gasteiger partial charge is 0.335 e. The van der Waals surface area contributed by atoms with E-state index in [4.69, 9.17) is 5.11 Å². The van der Waals surface area contributed by atoms with Crippen LogP contribution in [0.15, 0.2) is 18.2 Å². The van der Waals surface area contributed by atoms with Crippen molar-refractivity contribution in [3.05, 3.63) is 29.3 Å². The standard InChI is InChI=1S/C15H21FO3/c1-2-3-4-5-6-12(16)9-11-10-13(17)7-8-14(11)15(18)19/h7-8,10,12,17H,2-6,9H2,1H3,(H,18,19). The van der Waals surface area contributed by atoms with Crippen molar-refractivity contribution < 1.29 is 19.4 Å². The molecule has 3 nitrogen and oxygen atoms in total. The number of benzene rings is 1. The van der Waals surface area contributed by atoms with Crippen LogP contribution in [-0.2, 0) is 6.42 Å². The van der Waals surface area contributed by atoms with Crippen LogP contribution in [0.3, 0.4) is 0 Å². The molecule has 19 heavy (non-hydrogen) atoms. The van der Waals surface area contributed by atoms with Crippen LogP contribution in [-0.4, -0.2) is 22.4 Å². The van der Waals surface area contributed by atoms with E-state index in [2.05, 4.69) is 6.92 Å². The second-order valence-electron chi connectivity index (χ2n) is 4.80. The fraction of sp³-hybridized carbons (Fsp3) is 0.533. The topological polar surface area (TPSA) is 57.5 Å². The summed E-state index contributed by atoms with van der Waals surface area (Å²) in [5.74, 6) is -1.12. The molecule has 0 saturated heterocycles. The zero-order valence-corrected chi connectivity index (χ0v) is 11.2. The maximum absolute atomic E-state index is 13.8. The summed E-state index contributed by atoms with van der Waals surface area (Å²) in [6, 6.07) is 3.96. The zero-order chi connectivity index (χ0) is 14.3. The van der Waals surface area contributed by atoms with E-state index in [-0.39, 0.29) is 17.7 Å². The quantitative estimate of drug-likeness (QED) is 0.702. The number of carboxylic acid groups (broad SMARTS) is 1. The molecule has 4 heteroatoms. The van der Waals surface area contributed by atoms with E-state index >= 15 is 0 Å². The van der Waals surface area contributed by atoms with Crippen LogP contribution >= 0.6 is 0 Å². The van der Waals surface area contributed by atoms with Crippen molar-refractivity contribution in [2.24, 2.45) is 0 Å². The maximum atomic E-state index is 13.8. The third-order valence-electron chi connectivity index (χ3n) is 3.13. The third-order valence-corrected chi connectivity index (χ3v) is 3.13. The van der Waals surface area contributed by atoms with Gasteiger partial charge in [0.2, 0.25) is 0 Å². The number of alkyl halides is 1. The highest BCUT2D eigenvalue weighted by molar-refractivity contribution is 5.89. The molecule has 1 aromatic rings. The van der Waals surface area contributed by atoms with Crippen molar-refractivity contribution in [3.63, 3.8) is 0 Å². The van der Waals surface area contributed by atoms with Crippen LogP contribution in [0.2, 0.25) is 0 Å². The lowest BCUT2D eigenvalue weighted by Gasteiger charge is -2.11. The highest BCUT2D eigenvalue weighted by atomic mass is 19.1. The Hall–Kier alpha value is -1.58. The number of carboxylic acids is 1. The minimum Gasteiger partial charge on any atom is -0.508 e. The normalized spacial score (nSPS) is 12.3. The van der Waals surface area contributed by atoms with Gasteiger partial charge in [-0.15, -0.1) is 0 Å². The molecule has 0 bridgehead atoms. The van der Waals surface area contributed by atoms with Gasteiger partial charge in [-0.25, -0.2) is 9.18 Å². The van der Waals surface area contributed by atoms with Crippen molar-refractivity contribution in [1.29, 1.82) is 0 Å². The molecule has 0 aromatic heterocycles. The fourth-order valence-electron chi connectivity index (χ4n) is 2.09. The molecule has 1 aromatic carbocycles. The average Bonchev–Trinajstić information content (AvgIpc) is 2.34. The van der Waals surface area contributed by atoms with Crippen molar-refractivity contribution in [3.8, 4) is 5.75 Å². The molecule has 0 amide bonds. The summed E-state index contributed by atoms with van der Waals surface area (Å²) in [6.45, 7) is 2.10. The molecule has 2 N–H and O–H groups in total. The molecule has 0 heterocycles. The Morgan fingerprint density at radius 2 is 2.05 bits per heavy atom. The number of unbranched alkanes of at least 4 members (excludes halogenated alkanes) is 3. The van der Waals surface area contributed by atoms with Gasteiger partial charge in [0.15, 0.2) is 0 Å². The van der Waals surface area contributed by atoms with Crippen LogP contribution in [0.5, 0.6) is 5.75 Å². The van der Waals surface area contributed by atoms with Crippen molar-refractivity contribution in [1.82, 2.24) is 0 Å². The second-order valence-corrected chi connectivity index (χ2v) is 4.80. The van der Waals surface area contributed by atoms with E-state index < -0.39 is 12.1 Å². The Bertz CT molecular complexity index is 418. The Balaban J connectivity index is 2.60. The Labute approximate surface area is 113 Å². The molecule has 0 aliphatic heterocycles. The SMILES string of the molecule is CCCCCCC(F)Cc1cc(O)ccc1C(=O)O. The number of aromatic hydroxyl groups is 1. The first-order valence-corrected chi connectivity index (χ1v) is 6.73. The van der Waals surface area contributed by atoms with Crippen LogP contribution in [0.4, 0.5) is 4.39 Å². The number of halogens is 1. The van der Waals surface area contributed by atoms with Crippen molar-refractivity contribution in [2.45, 2.75) is 51.6 Å². The summed E-state index contributed by atoms with van der Waals surface area (Å²) >= 11 is 0. The minimum atomic E-state index is -1.09. The van der Waals surface area contributed by atoms with Gasteiger partial charge in [-0.3, -0.25) is 0 Å². The number of hydrogen-bond acceptors (Lipinski definition) is 2. The second kappa shape index (κ2) is 7.77. The summed E-state index contributed by atoms with van der Waals surface area (Å²) in [5.41, 5.74) is 0.421. The lowest BCUT2D eigenvalue weighted by Crippen LogP contribution is -2.09. The number of phenolic OH excluding ortho intramolecular Hbond substituents is 1. The van der Waals surface area contributed by atoms with Gasteiger partial charge in [-0.2, -0.15) is 0 Å². The van der Waals surface area contributed by atoms with Crippen LogP contribution in [0.25, 0.3) is 0 Å². The van der Waals surface area contributed by atoms with Crippen LogP contribution < -0.4 is 0 Å². The molecular weight excluding hydrogens is 247 g/mol. The molecule has 1 unspecified atom stereocenters. The molecule has 1 atom stereocenters. The number of carbonyl (C=O) groups is 1. The van der Waals surface area contributed by atoms with E-state index in [1.807, 2.05) is 0 Å². The van der Waals surface area contributed by atoms with E-state index in [0.717, 1.165) is 25.7 Å². The molecule has 0 saturated carbocycles. The van der Waals surface area contributed by atoms with Crippen LogP contribution in [0.1, 0.15) is 54.9 Å². The molecule has 1 rings (SSSR count). The van der Waals surface area contributed by atoms with Crippen molar-refractivity contribution in [2.75, 3.05) is 0 Å². The summed E-state index contributed by atoms with van der Waals surface area (Å²) in [5, 5.41) is 18.4. The number of aromatic carboxylic acids is 1. The van der Waals surface area contributed by atoms with Gasteiger partial charge in [0.1, 0.15) is 11.9 Å². The van der Waals surface area contributed by atoms with Gasteiger partial charge < -0.3 is 10.2 Å². The monoisotopic (exact) mass is 268 g/mol. The predicted octanol–water partition coefficient (Wildman–Crippen LogP) is 3.94. The lowest BCUT2D eigenvalue weighted by molar-refractivity contribution is 0.0695. The molecule has 0 spiro atoms. The van der Waals surface area contributed by atoms with Gasteiger partial charge in [0.25, 0.3) is 0 Å². The van der Waals surface area contributed by atoms with Gasteiger partial charge in [0.05, 0.1) is 5.56 Å². The first kappa shape index (κ1) is 15.5. The van der Waals surface area contributed by atoms with E-state index in [1.54, 1.807) is 0 Å². The summed E-state index contributed by atoms with van der Waals surface area (Å²) in [6.07, 6.45) is 3.44. The number of hydrogen-bond donors (Lipinski definition) is 2. The van der Waals surface area contributed by atoms with E-state index in [0.29, 0.717) is 12.0 Å². The fourth-order valence-corrected chi connectivity index (χ4v) is 2.09. The molecule has 0 radical (unpaired) electrons. The molecular formula is C15H21FO3. The Kier molecular flexibility index (Phi) is 6.33. The highest BCUT2D eigenvalue weighted by Crippen LogP contribution is 2.21. The molecule has 0 aliphatic rings. The molecule has 0 aliphatic carbocycles. The largest absolute Gasteiger partial charge is 0.508 e. The summed E-state index contributed by atoms with van der Waals surface area (Å²) in [4.78, 5) is 11.0. The van der Waals surface area contributed by atoms with Crippen molar-refractivity contribution >= 4 is 5.97 Å². The van der Waals surface area contributed by atoms with Crippen LogP contribution in [0, 0.1) is 0 Å². The lowest BCUT2D eigenvalue weighted by atomic mass is 9.99. The number of phenols is 1. The van der Waals surface area contributed by atoms with Gasteiger partial charge >= 0.3 is 5.97 Å². The third kappa shape index (κ3) is 5.28. The van der Waals surface area contributed by atoms with E-state index in [9.17, 15) is 14.3 Å². The predicted molar refractivity (Wildman–Crippen MR) is 72.4 cm³/mol. The number of rotatable bonds is 8. The average molecular weight is 268 g/mol. The Morgan fingerprint density at radius 3 is 2.68 bits per heavy atom. The Morgan fingerprint density at radius 1 is 1.32 bits per heavy atom. The molecule has 106 valence electrons. The summed E-state index contributed by atoms with van der Waals surface area (Å²) in [7, 11) is 0. The summed E-state index contributed by atoms with van der Waals surface area (Å²) < 4.78 is 13.8. The minimum absolute atomic E-state index is 0.0295. The molecule has 0 fully saturated rings. The van der Waals surface area contributed by atoms with Gasteiger partial charge in [-0.05, 0) is 30.2 Å².